The Morgan fingerprint density at radius 3 is 2.46 bits per heavy atom. The van der Waals surface area contributed by atoms with Gasteiger partial charge in [-0.1, -0.05) is 12.1 Å². The molecular weight excluding hydrogens is 483 g/mol. The van der Waals surface area contributed by atoms with Crippen molar-refractivity contribution in [2.24, 2.45) is 4.99 Å². The van der Waals surface area contributed by atoms with E-state index in [0.717, 1.165) is 35.1 Å². The number of hydrogen-bond acceptors (Lipinski definition) is 5. The van der Waals surface area contributed by atoms with Crippen LogP contribution in [-0.4, -0.2) is 38.7 Å². The maximum Gasteiger partial charge on any atom is 0.191 e. The molecule has 0 bridgehead atoms. The molecule has 2 rings (SSSR count). The van der Waals surface area contributed by atoms with E-state index in [1.54, 1.807) is 23.5 Å². The molecule has 9 heteroatoms. The molecule has 1 aromatic carbocycles. The number of rotatable bonds is 7. The summed E-state index contributed by atoms with van der Waals surface area (Å²) in [6.07, 6.45) is 2.00. The number of nitrogens with zero attached hydrogens (tertiary/aromatic N) is 2. The predicted octanol–water partition coefficient (Wildman–Crippen LogP) is 2.77. The Balaban J connectivity index is 0.00000338. The van der Waals surface area contributed by atoms with Crippen LogP contribution in [0.5, 0.6) is 0 Å². The number of guanidine groups is 1. The van der Waals surface area contributed by atoms with E-state index in [1.807, 2.05) is 31.5 Å². The van der Waals surface area contributed by atoms with Gasteiger partial charge in [-0.05, 0) is 38.0 Å². The molecule has 1 aromatic heterocycles. The van der Waals surface area contributed by atoms with Gasteiger partial charge < -0.3 is 10.6 Å². The second-order valence-electron chi connectivity index (χ2n) is 5.65. The molecule has 0 fully saturated rings. The quantitative estimate of drug-likeness (QED) is 0.342. The third-order valence-corrected chi connectivity index (χ3v) is 5.68. The van der Waals surface area contributed by atoms with Crippen molar-refractivity contribution >= 4 is 51.1 Å². The molecule has 0 saturated carbocycles. The van der Waals surface area contributed by atoms with E-state index in [9.17, 15) is 8.42 Å². The molecule has 6 nitrogen and oxygen atoms in total. The maximum atomic E-state index is 11.5. The van der Waals surface area contributed by atoms with Gasteiger partial charge in [0.05, 0.1) is 22.6 Å². The molecule has 0 atom stereocenters. The number of halogens is 1. The molecule has 144 valence electrons. The van der Waals surface area contributed by atoms with E-state index in [4.69, 9.17) is 0 Å². The van der Waals surface area contributed by atoms with Crippen LogP contribution in [0.4, 0.5) is 0 Å². The van der Waals surface area contributed by atoms with E-state index in [0.29, 0.717) is 18.0 Å². The molecule has 2 aromatic rings. The molecule has 0 unspecified atom stereocenters. The summed E-state index contributed by atoms with van der Waals surface area (Å²) in [6.45, 7) is 6.12. The molecule has 2 N–H and O–H groups in total. The standard InChI is InChI=1S/C17H24N4O2S2.HI/c1-4-18-17(20-11-16-13(2)21-12-24-16)19-10-9-14-5-7-15(8-6-14)25(3,22)23;/h5-8,12H,4,9-11H2,1-3H3,(H2,18,19,20);1H. The molecule has 0 saturated heterocycles. The van der Waals surface area contributed by atoms with E-state index in [2.05, 4.69) is 20.6 Å². The van der Waals surface area contributed by atoms with Gasteiger partial charge in [0.2, 0.25) is 0 Å². The van der Waals surface area contributed by atoms with Gasteiger partial charge in [-0.25, -0.2) is 18.4 Å². The fourth-order valence-electron chi connectivity index (χ4n) is 2.20. The van der Waals surface area contributed by atoms with Gasteiger partial charge >= 0.3 is 0 Å². The summed E-state index contributed by atoms with van der Waals surface area (Å²) in [6, 6.07) is 7.00. The summed E-state index contributed by atoms with van der Waals surface area (Å²) in [7, 11) is -3.14. The molecule has 0 amide bonds. The minimum Gasteiger partial charge on any atom is -0.357 e. The Morgan fingerprint density at radius 2 is 1.92 bits per heavy atom. The zero-order valence-corrected chi connectivity index (χ0v) is 19.1. The number of aryl methyl sites for hydroxylation is 1. The lowest BCUT2D eigenvalue weighted by molar-refractivity contribution is 0.602. The summed E-state index contributed by atoms with van der Waals surface area (Å²) >= 11 is 1.61. The minimum absolute atomic E-state index is 0. The Bertz CT molecular complexity index is 818. The smallest absolute Gasteiger partial charge is 0.191 e. The normalized spacial score (nSPS) is 11.7. The first-order chi connectivity index (χ1) is 11.9. The van der Waals surface area contributed by atoms with E-state index < -0.39 is 9.84 Å². The van der Waals surface area contributed by atoms with Crippen molar-refractivity contribution in [1.29, 1.82) is 0 Å². The minimum atomic E-state index is -3.14. The number of thiazole rings is 1. The van der Waals surface area contributed by atoms with E-state index >= 15 is 0 Å². The summed E-state index contributed by atoms with van der Waals surface area (Å²) in [5.74, 6) is 0.767. The first-order valence-corrected chi connectivity index (χ1v) is 10.9. The van der Waals surface area contributed by atoms with Crippen LogP contribution in [-0.2, 0) is 22.8 Å². The molecule has 26 heavy (non-hydrogen) atoms. The van der Waals surface area contributed by atoms with Crippen molar-refractivity contribution in [3.05, 3.63) is 45.9 Å². The van der Waals surface area contributed by atoms with E-state index in [1.165, 1.54) is 6.26 Å². The largest absolute Gasteiger partial charge is 0.357 e. The monoisotopic (exact) mass is 508 g/mol. The summed E-state index contributed by atoms with van der Waals surface area (Å²) in [5.41, 5.74) is 3.94. The SMILES string of the molecule is CCNC(=NCc1scnc1C)NCCc1ccc(S(C)(=O)=O)cc1.I. The second kappa shape index (κ2) is 10.8. The van der Waals surface area contributed by atoms with Gasteiger partial charge in [0.25, 0.3) is 0 Å². The lowest BCUT2D eigenvalue weighted by Gasteiger charge is -2.11. The number of sulfone groups is 1. The highest BCUT2D eigenvalue weighted by atomic mass is 127. The van der Waals surface area contributed by atoms with Crippen molar-refractivity contribution in [1.82, 2.24) is 15.6 Å². The van der Waals surface area contributed by atoms with E-state index in [-0.39, 0.29) is 24.0 Å². The fraction of sp³-hybridized carbons (Fsp3) is 0.412. The summed E-state index contributed by atoms with van der Waals surface area (Å²) in [4.78, 5) is 10.3. The van der Waals surface area contributed by atoms with Gasteiger partial charge in [0.1, 0.15) is 0 Å². The maximum absolute atomic E-state index is 11.5. The van der Waals surface area contributed by atoms with Crippen molar-refractivity contribution in [2.75, 3.05) is 19.3 Å². The molecular formula is C17H25IN4O2S2. The number of hydrogen-bond donors (Lipinski definition) is 2. The van der Waals surface area contributed by atoms with Crippen molar-refractivity contribution < 1.29 is 8.42 Å². The van der Waals surface area contributed by atoms with Gasteiger partial charge in [0, 0.05) is 24.2 Å². The second-order valence-corrected chi connectivity index (χ2v) is 8.60. The highest BCUT2D eigenvalue weighted by Crippen LogP contribution is 2.13. The highest BCUT2D eigenvalue weighted by molar-refractivity contribution is 14.0. The van der Waals surface area contributed by atoms with Crippen LogP contribution >= 0.6 is 35.3 Å². The van der Waals surface area contributed by atoms with Crippen molar-refractivity contribution in [3.8, 4) is 0 Å². The Hall–Kier alpha value is -1.20. The van der Waals surface area contributed by atoms with Crippen LogP contribution in [0.15, 0.2) is 39.7 Å². The van der Waals surface area contributed by atoms with Crippen LogP contribution in [0.25, 0.3) is 0 Å². The van der Waals surface area contributed by atoms with Crippen LogP contribution in [0.3, 0.4) is 0 Å². The van der Waals surface area contributed by atoms with Crippen molar-refractivity contribution in [2.45, 2.75) is 31.7 Å². The first-order valence-electron chi connectivity index (χ1n) is 8.10. The Morgan fingerprint density at radius 1 is 1.23 bits per heavy atom. The lowest BCUT2D eigenvalue weighted by atomic mass is 10.1. The highest BCUT2D eigenvalue weighted by Gasteiger charge is 2.06. The molecule has 1 heterocycles. The number of nitrogens with one attached hydrogen (secondary N) is 2. The van der Waals surface area contributed by atoms with Gasteiger partial charge in [-0.2, -0.15) is 0 Å². The lowest BCUT2D eigenvalue weighted by Crippen LogP contribution is -2.38. The third-order valence-electron chi connectivity index (χ3n) is 3.63. The zero-order chi connectivity index (χ0) is 18.3. The third kappa shape index (κ3) is 7.20. The molecule has 0 aliphatic rings. The predicted molar refractivity (Wildman–Crippen MR) is 118 cm³/mol. The fourth-order valence-corrected chi connectivity index (χ4v) is 3.53. The Labute approximate surface area is 176 Å². The van der Waals surface area contributed by atoms with Crippen LogP contribution in [0.2, 0.25) is 0 Å². The molecule has 0 radical (unpaired) electrons. The van der Waals surface area contributed by atoms with Crippen LogP contribution in [0.1, 0.15) is 23.1 Å². The number of benzene rings is 1. The van der Waals surface area contributed by atoms with Crippen LogP contribution in [0, 0.1) is 6.92 Å². The summed E-state index contributed by atoms with van der Waals surface area (Å²) < 4.78 is 22.9. The van der Waals surface area contributed by atoms with Gasteiger partial charge in [0.15, 0.2) is 15.8 Å². The topological polar surface area (TPSA) is 83.4 Å². The Kier molecular flexibility index (Phi) is 9.51. The average molecular weight is 508 g/mol. The number of aromatic nitrogens is 1. The molecule has 0 aliphatic heterocycles. The first kappa shape index (κ1) is 22.8. The molecule has 0 aliphatic carbocycles. The zero-order valence-electron chi connectivity index (χ0n) is 15.2. The van der Waals surface area contributed by atoms with Gasteiger partial charge in [-0.3, -0.25) is 0 Å². The van der Waals surface area contributed by atoms with Crippen LogP contribution < -0.4 is 10.6 Å². The van der Waals surface area contributed by atoms with Crippen molar-refractivity contribution in [3.63, 3.8) is 0 Å². The summed E-state index contributed by atoms with van der Waals surface area (Å²) in [5, 5.41) is 6.52. The van der Waals surface area contributed by atoms with Gasteiger partial charge in [-0.15, -0.1) is 35.3 Å². The average Bonchev–Trinajstić information content (AvgIpc) is 2.97. The molecule has 0 spiro atoms. The number of aliphatic imine (C=N–C) groups is 1.